The molecule has 1 atom stereocenters. The van der Waals surface area contributed by atoms with Crippen LogP contribution in [0.1, 0.15) is 31.0 Å². The molecule has 2 N–H and O–H groups in total. The molecule has 0 fully saturated rings. The number of anilines is 1. The molecule has 115 valence electrons. The number of nitrogens with two attached hydrogens (primary N) is 1. The Morgan fingerprint density at radius 2 is 1.95 bits per heavy atom. The van der Waals surface area contributed by atoms with Crippen LogP contribution in [-0.2, 0) is 20.9 Å². The molecule has 1 radical (unpaired) electrons. The lowest BCUT2D eigenvalue weighted by Gasteiger charge is -2.18. The van der Waals surface area contributed by atoms with Crippen LogP contribution in [0.5, 0.6) is 0 Å². The predicted octanol–water partition coefficient (Wildman–Crippen LogP) is 2.74. The second-order valence-electron chi connectivity index (χ2n) is 4.90. The lowest BCUT2D eigenvalue weighted by atomic mass is 9.88. The first-order valence-corrected chi connectivity index (χ1v) is 7.63. The Morgan fingerprint density at radius 1 is 1.27 bits per heavy atom. The molecule has 0 bridgehead atoms. The van der Waals surface area contributed by atoms with Gasteiger partial charge in [-0.1, -0.05) is 30.3 Å². The van der Waals surface area contributed by atoms with Crippen LogP contribution in [0.2, 0.25) is 0 Å². The number of nitrogen functional groups attached to an aromatic ring is 1. The van der Waals surface area contributed by atoms with Crippen LogP contribution >= 0.6 is 11.3 Å². The smallest absolute Gasteiger partial charge is 0.314 e. The molecule has 0 aliphatic carbocycles. The third-order valence-electron chi connectivity index (χ3n) is 3.21. The first kappa shape index (κ1) is 16.2. The average Bonchev–Trinajstić information content (AvgIpc) is 2.91. The molecule has 0 spiro atoms. The molecule has 0 saturated carbocycles. The zero-order chi connectivity index (χ0) is 16.1. The SMILES string of the molecule is C[C](C(=O)OCc1ccccc1)C(C(C)=O)c1csc(N)n1. The molecule has 1 heterocycles. The van der Waals surface area contributed by atoms with Crippen molar-refractivity contribution in [3.05, 3.63) is 52.9 Å². The van der Waals surface area contributed by atoms with Gasteiger partial charge in [-0.3, -0.25) is 9.59 Å². The maximum Gasteiger partial charge on any atom is 0.314 e. The highest BCUT2D eigenvalue weighted by Crippen LogP contribution is 2.30. The van der Waals surface area contributed by atoms with E-state index in [9.17, 15) is 9.59 Å². The van der Waals surface area contributed by atoms with Crippen molar-refractivity contribution >= 4 is 28.2 Å². The molecule has 0 aliphatic heterocycles. The Labute approximate surface area is 133 Å². The van der Waals surface area contributed by atoms with Crippen LogP contribution in [0.4, 0.5) is 5.13 Å². The monoisotopic (exact) mass is 317 g/mol. The summed E-state index contributed by atoms with van der Waals surface area (Å²) in [5.41, 5.74) is 6.98. The lowest BCUT2D eigenvalue weighted by Crippen LogP contribution is -2.25. The minimum Gasteiger partial charge on any atom is -0.460 e. The highest BCUT2D eigenvalue weighted by molar-refractivity contribution is 7.13. The highest BCUT2D eigenvalue weighted by atomic mass is 32.1. The molecule has 2 rings (SSSR count). The number of benzene rings is 1. The fourth-order valence-corrected chi connectivity index (χ4v) is 2.71. The van der Waals surface area contributed by atoms with Crippen molar-refractivity contribution < 1.29 is 14.3 Å². The van der Waals surface area contributed by atoms with Crippen LogP contribution < -0.4 is 5.73 Å². The molecular weight excluding hydrogens is 300 g/mol. The molecule has 2 aromatic rings. The predicted molar refractivity (Wildman–Crippen MR) is 85.1 cm³/mol. The van der Waals surface area contributed by atoms with E-state index in [4.69, 9.17) is 10.5 Å². The van der Waals surface area contributed by atoms with E-state index in [2.05, 4.69) is 4.98 Å². The van der Waals surface area contributed by atoms with Crippen LogP contribution in [0.3, 0.4) is 0 Å². The maximum atomic E-state index is 12.2. The summed E-state index contributed by atoms with van der Waals surface area (Å²) in [4.78, 5) is 28.1. The van der Waals surface area contributed by atoms with Gasteiger partial charge in [0, 0.05) is 5.38 Å². The number of nitrogens with zero attached hydrogens (tertiary/aromatic N) is 1. The van der Waals surface area contributed by atoms with Gasteiger partial charge in [0.05, 0.1) is 17.5 Å². The van der Waals surface area contributed by atoms with Crippen molar-refractivity contribution in [3.8, 4) is 0 Å². The fraction of sp³-hybridized carbons (Fsp3) is 0.250. The zero-order valence-corrected chi connectivity index (χ0v) is 13.2. The quantitative estimate of drug-likeness (QED) is 0.828. The van der Waals surface area contributed by atoms with Gasteiger partial charge in [0.1, 0.15) is 12.4 Å². The molecule has 5 nitrogen and oxygen atoms in total. The van der Waals surface area contributed by atoms with Gasteiger partial charge in [0.25, 0.3) is 0 Å². The zero-order valence-electron chi connectivity index (χ0n) is 12.4. The summed E-state index contributed by atoms with van der Waals surface area (Å²) in [7, 11) is 0. The number of carbonyl (C=O) groups is 2. The van der Waals surface area contributed by atoms with Gasteiger partial charge in [-0.25, -0.2) is 4.98 Å². The number of ether oxygens (including phenoxy) is 1. The number of hydrogen-bond donors (Lipinski definition) is 1. The van der Waals surface area contributed by atoms with Gasteiger partial charge in [-0.05, 0) is 19.4 Å². The van der Waals surface area contributed by atoms with Crippen molar-refractivity contribution in [1.29, 1.82) is 0 Å². The first-order chi connectivity index (χ1) is 10.5. The first-order valence-electron chi connectivity index (χ1n) is 6.75. The third-order valence-corrected chi connectivity index (χ3v) is 3.90. The molecule has 1 unspecified atom stereocenters. The van der Waals surface area contributed by atoms with Crippen molar-refractivity contribution in [3.63, 3.8) is 0 Å². The topological polar surface area (TPSA) is 82.3 Å². The van der Waals surface area contributed by atoms with Gasteiger partial charge >= 0.3 is 5.97 Å². The number of hydrogen-bond acceptors (Lipinski definition) is 6. The molecule has 22 heavy (non-hydrogen) atoms. The lowest BCUT2D eigenvalue weighted by molar-refractivity contribution is -0.144. The van der Waals surface area contributed by atoms with Crippen molar-refractivity contribution in [2.45, 2.75) is 26.4 Å². The van der Waals surface area contributed by atoms with E-state index in [0.717, 1.165) is 5.56 Å². The normalized spacial score (nSPS) is 12.1. The van der Waals surface area contributed by atoms with E-state index in [1.165, 1.54) is 18.3 Å². The molecule has 0 saturated heterocycles. The standard InChI is InChI=1S/C16H17N2O3S/c1-10(14(11(2)19)13-9-22-16(17)18-13)15(20)21-8-12-6-4-3-5-7-12/h3-7,9,14H,8H2,1-2H3,(H2,17,18). The van der Waals surface area contributed by atoms with Crippen molar-refractivity contribution in [2.75, 3.05) is 5.73 Å². The minimum absolute atomic E-state index is 0.167. The number of Topliss-reactive ketones (excluding diaryl/α,β-unsaturated/α-hetero) is 1. The van der Waals surface area contributed by atoms with Gasteiger partial charge < -0.3 is 10.5 Å². The average molecular weight is 317 g/mol. The second kappa shape index (κ2) is 7.17. The number of carbonyl (C=O) groups excluding carboxylic acids is 2. The number of ketones is 1. The van der Waals surface area contributed by atoms with Gasteiger partial charge in [0.15, 0.2) is 5.13 Å². The Balaban J connectivity index is 2.05. The summed E-state index contributed by atoms with van der Waals surface area (Å²) in [6, 6.07) is 9.37. The molecule has 6 heteroatoms. The van der Waals surface area contributed by atoms with Gasteiger partial charge in [0.2, 0.25) is 0 Å². The Kier molecular flexibility index (Phi) is 5.27. The summed E-state index contributed by atoms with van der Waals surface area (Å²) in [6.45, 7) is 3.18. The van der Waals surface area contributed by atoms with E-state index >= 15 is 0 Å². The van der Waals surface area contributed by atoms with Crippen molar-refractivity contribution in [1.82, 2.24) is 4.98 Å². The van der Waals surface area contributed by atoms with Crippen LogP contribution in [0.15, 0.2) is 35.7 Å². The number of esters is 1. The minimum atomic E-state index is -0.711. The third kappa shape index (κ3) is 3.92. The highest BCUT2D eigenvalue weighted by Gasteiger charge is 2.33. The summed E-state index contributed by atoms with van der Waals surface area (Å²) in [6.07, 6.45) is 0. The van der Waals surface area contributed by atoms with E-state index < -0.39 is 11.9 Å². The molecule has 0 aliphatic rings. The van der Waals surface area contributed by atoms with E-state index in [0.29, 0.717) is 16.7 Å². The molecule has 0 amide bonds. The summed E-state index contributed by atoms with van der Waals surface area (Å²) in [5, 5.41) is 2.06. The van der Waals surface area contributed by atoms with Gasteiger partial charge in [-0.2, -0.15) is 0 Å². The van der Waals surface area contributed by atoms with Crippen LogP contribution in [-0.4, -0.2) is 16.7 Å². The van der Waals surface area contributed by atoms with Crippen LogP contribution in [0, 0.1) is 5.92 Å². The van der Waals surface area contributed by atoms with Crippen LogP contribution in [0.25, 0.3) is 0 Å². The van der Waals surface area contributed by atoms with E-state index in [1.54, 1.807) is 12.3 Å². The number of thiazole rings is 1. The summed E-state index contributed by atoms with van der Waals surface area (Å²) >= 11 is 1.24. The molecule has 1 aromatic carbocycles. The second-order valence-corrected chi connectivity index (χ2v) is 5.79. The summed E-state index contributed by atoms with van der Waals surface area (Å²) in [5.74, 6) is -1.07. The van der Waals surface area contributed by atoms with E-state index in [1.807, 2.05) is 30.3 Å². The fourth-order valence-electron chi connectivity index (χ4n) is 2.12. The molecular formula is C16H17N2O3S. The largest absolute Gasteiger partial charge is 0.460 e. The van der Waals surface area contributed by atoms with Gasteiger partial charge in [-0.15, -0.1) is 11.3 Å². The number of aromatic nitrogens is 1. The Bertz CT molecular complexity index is 654. The maximum absolute atomic E-state index is 12.2. The molecule has 1 aromatic heterocycles. The number of rotatable bonds is 6. The summed E-state index contributed by atoms with van der Waals surface area (Å²) < 4.78 is 5.27. The Morgan fingerprint density at radius 3 is 2.50 bits per heavy atom. The Hall–Kier alpha value is -2.21. The van der Waals surface area contributed by atoms with Crippen molar-refractivity contribution in [2.24, 2.45) is 0 Å². The van der Waals surface area contributed by atoms with E-state index in [-0.39, 0.29) is 12.4 Å².